The van der Waals surface area contributed by atoms with Crippen LogP contribution >= 0.6 is 23.4 Å². The molecule has 2 aliphatic rings. The van der Waals surface area contributed by atoms with E-state index in [0.29, 0.717) is 35.9 Å². The summed E-state index contributed by atoms with van der Waals surface area (Å²) in [7, 11) is 0. The summed E-state index contributed by atoms with van der Waals surface area (Å²) in [6, 6.07) is 9.90. The lowest BCUT2D eigenvalue weighted by Gasteiger charge is -2.30. The third kappa shape index (κ3) is 4.56. The number of thioether (sulfide) groups is 1. The topological polar surface area (TPSA) is 86.7 Å². The molecule has 1 unspecified atom stereocenters. The fourth-order valence-corrected chi connectivity index (χ4v) is 5.79. The average Bonchev–Trinajstić information content (AvgIpc) is 3.25. The lowest BCUT2D eigenvalue weighted by atomic mass is 10.1. The van der Waals surface area contributed by atoms with Crippen molar-refractivity contribution in [2.24, 2.45) is 0 Å². The van der Waals surface area contributed by atoms with Crippen LogP contribution < -0.4 is 21.1 Å². The maximum absolute atomic E-state index is 15.1. The Labute approximate surface area is 216 Å². The highest BCUT2D eigenvalue weighted by molar-refractivity contribution is 8.00. The van der Waals surface area contributed by atoms with Crippen molar-refractivity contribution in [2.75, 3.05) is 36.8 Å². The van der Waals surface area contributed by atoms with Gasteiger partial charge in [-0.2, -0.15) is 0 Å². The number of pyridine rings is 1. The summed E-state index contributed by atoms with van der Waals surface area (Å²) in [4.78, 5) is 41.1. The molecule has 0 radical (unpaired) electrons. The van der Waals surface area contributed by atoms with Crippen LogP contribution in [0, 0.1) is 5.82 Å². The number of fused-ring (bicyclic) bond motifs is 1. The van der Waals surface area contributed by atoms with Gasteiger partial charge in [0.15, 0.2) is 0 Å². The minimum absolute atomic E-state index is 0.122. The minimum atomic E-state index is -0.717. The lowest BCUT2D eigenvalue weighted by molar-refractivity contribution is -0.130. The number of nitrogens with zero attached hydrogens (tertiary/aromatic N) is 3. The van der Waals surface area contributed by atoms with Gasteiger partial charge in [-0.15, -0.1) is 11.8 Å². The number of aromatic nitrogens is 1. The molecule has 2 amide bonds. The second-order valence-electron chi connectivity index (χ2n) is 8.64. The highest BCUT2D eigenvalue weighted by Crippen LogP contribution is 2.37. The van der Waals surface area contributed by atoms with Crippen LogP contribution in [-0.4, -0.2) is 53.3 Å². The Morgan fingerprint density at radius 3 is 2.61 bits per heavy atom. The maximum Gasteiger partial charge on any atom is 0.275 e. The molecule has 36 heavy (non-hydrogen) atoms. The van der Waals surface area contributed by atoms with E-state index >= 15 is 4.39 Å². The van der Waals surface area contributed by atoms with E-state index in [-0.39, 0.29) is 22.6 Å². The summed E-state index contributed by atoms with van der Waals surface area (Å²) in [5, 5.41) is 4.72. The number of halogens is 2. The Balaban J connectivity index is 1.49. The smallest absolute Gasteiger partial charge is 0.275 e. The van der Waals surface area contributed by atoms with Crippen molar-refractivity contribution < 1.29 is 14.0 Å². The van der Waals surface area contributed by atoms with Gasteiger partial charge in [0.05, 0.1) is 17.0 Å². The second-order valence-corrected chi connectivity index (χ2v) is 10.1. The summed E-state index contributed by atoms with van der Waals surface area (Å²) in [6.07, 6.45) is 1.48. The Morgan fingerprint density at radius 2 is 1.92 bits per heavy atom. The minimum Gasteiger partial charge on any atom is -0.367 e. The van der Waals surface area contributed by atoms with Gasteiger partial charge in [0, 0.05) is 49.3 Å². The molecule has 188 valence electrons. The van der Waals surface area contributed by atoms with E-state index in [9.17, 15) is 14.4 Å². The van der Waals surface area contributed by atoms with Crippen molar-refractivity contribution in [3.8, 4) is 0 Å². The molecule has 0 spiro atoms. The molecule has 2 fully saturated rings. The number of anilines is 1. The van der Waals surface area contributed by atoms with Crippen molar-refractivity contribution in [3.63, 3.8) is 0 Å². The summed E-state index contributed by atoms with van der Waals surface area (Å²) in [5.74, 6) is -1.32. The Morgan fingerprint density at radius 1 is 1.19 bits per heavy atom. The van der Waals surface area contributed by atoms with Gasteiger partial charge >= 0.3 is 0 Å². The first kappa shape index (κ1) is 24.6. The zero-order valence-electron chi connectivity index (χ0n) is 19.6. The van der Waals surface area contributed by atoms with Crippen LogP contribution in [0.5, 0.6) is 0 Å². The second kappa shape index (κ2) is 10.1. The van der Waals surface area contributed by atoms with Gasteiger partial charge in [-0.1, -0.05) is 23.7 Å². The molecule has 3 heterocycles. The molecule has 0 saturated carbocycles. The molecular weight excluding hydrogens is 505 g/mol. The molecule has 3 aromatic rings. The van der Waals surface area contributed by atoms with Crippen molar-refractivity contribution in [3.05, 3.63) is 74.8 Å². The lowest BCUT2D eigenvalue weighted by Crippen LogP contribution is -2.46. The van der Waals surface area contributed by atoms with E-state index in [0.717, 1.165) is 18.7 Å². The van der Waals surface area contributed by atoms with E-state index in [1.807, 2.05) is 11.8 Å². The zero-order valence-corrected chi connectivity index (χ0v) is 21.2. The molecule has 2 aromatic carbocycles. The molecule has 2 saturated heterocycles. The molecule has 1 aromatic heterocycles. The Hall–Kier alpha value is -3.08. The van der Waals surface area contributed by atoms with Crippen molar-refractivity contribution >= 4 is 51.8 Å². The standard InChI is InChI=1S/C25H25ClFN5O3S/c1-2-30-13-18(23(34)17-11-19(27)21(12-20(17)30)31-9-7-28-8-10-31)24(35)29-32-22(33)14-36-25(32)15-3-5-16(26)6-4-15/h3-6,11-13,25,28H,2,7-10,14H2,1H3,(H,29,35). The van der Waals surface area contributed by atoms with E-state index in [1.54, 1.807) is 34.9 Å². The van der Waals surface area contributed by atoms with E-state index in [4.69, 9.17) is 11.6 Å². The summed E-state index contributed by atoms with van der Waals surface area (Å²) < 4.78 is 16.9. The predicted octanol–water partition coefficient (Wildman–Crippen LogP) is 3.14. The van der Waals surface area contributed by atoms with E-state index < -0.39 is 22.5 Å². The molecule has 0 aliphatic carbocycles. The van der Waals surface area contributed by atoms with Gasteiger partial charge in [-0.3, -0.25) is 19.8 Å². The summed E-state index contributed by atoms with van der Waals surface area (Å²) in [6.45, 7) is 5.18. The van der Waals surface area contributed by atoms with E-state index in [1.165, 1.54) is 29.0 Å². The van der Waals surface area contributed by atoms with Crippen molar-refractivity contribution in [2.45, 2.75) is 18.8 Å². The first-order chi connectivity index (χ1) is 17.4. The largest absolute Gasteiger partial charge is 0.367 e. The SMILES string of the molecule is CCn1cc(C(=O)NN2C(=O)CSC2c2ccc(Cl)cc2)c(=O)c2cc(F)c(N3CCNCC3)cc21. The Kier molecular flexibility index (Phi) is 6.92. The highest BCUT2D eigenvalue weighted by Gasteiger charge is 2.35. The third-order valence-electron chi connectivity index (χ3n) is 6.44. The normalized spacial score (nSPS) is 18.2. The number of benzene rings is 2. The number of carbonyl (C=O) groups excluding carboxylic acids is 2. The van der Waals surface area contributed by atoms with Gasteiger partial charge in [-0.05, 0) is 36.8 Å². The van der Waals surface area contributed by atoms with Crippen LogP contribution in [0.4, 0.5) is 10.1 Å². The molecule has 11 heteroatoms. The van der Waals surface area contributed by atoms with Gasteiger partial charge in [0.25, 0.3) is 11.8 Å². The van der Waals surface area contributed by atoms with Gasteiger partial charge < -0.3 is 14.8 Å². The molecule has 2 aliphatic heterocycles. The number of amides is 2. The first-order valence-corrected chi connectivity index (χ1v) is 13.1. The maximum atomic E-state index is 15.1. The number of aryl methyl sites for hydroxylation is 1. The van der Waals surface area contributed by atoms with Crippen LogP contribution in [0.15, 0.2) is 47.4 Å². The Bertz CT molecular complexity index is 1390. The van der Waals surface area contributed by atoms with Gasteiger partial charge in [0.1, 0.15) is 16.8 Å². The quantitative estimate of drug-likeness (QED) is 0.528. The molecule has 0 bridgehead atoms. The fraction of sp³-hybridized carbons (Fsp3) is 0.320. The number of rotatable bonds is 5. The average molecular weight is 530 g/mol. The van der Waals surface area contributed by atoms with Gasteiger partial charge in [-0.25, -0.2) is 9.40 Å². The van der Waals surface area contributed by atoms with Crippen LogP contribution in [0.1, 0.15) is 28.2 Å². The zero-order chi connectivity index (χ0) is 25.4. The van der Waals surface area contributed by atoms with Crippen molar-refractivity contribution in [1.29, 1.82) is 0 Å². The molecule has 8 nitrogen and oxygen atoms in total. The third-order valence-corrected chi connectivity index (χ3v) is 7.90. The monoisotopic (exact) mass is 529 g/mol. The number of piperazine rings is 1. The fourth-order valence-electron chi connectivity index (χ4n) is 4.56. The number of nitrogens with one attached hydrogen (secondary N) is 2. The number of hydrazine groups is 1. The van der Waals surface area contributed by atoms with E-state index in [2.05, 4.69) is 10.7 Å². The molecule has 2 N–H and O–H groups in total. The number of hydrogen-bond acceptors (Lipinski definition) is 6. The number of hydrogen-bond donors (Lipinski definition) is 2. The summed E-state index contributed by atoms with van der Waals surface area (Å²) in [5.41, 5.74) is 3.66. The van der Waals surface area contributed by atoms with Crippen LogP contribution in [0.3, 0.4) is 0 Å². The van der Waals surface area contributed by atoms with Crippen molar-refractivity contribution in [1.82, 2.24) is 20.3 Å². The van der Waals surface area contributed by atoms with Crippen LogP contribution in [-0.2, 0) is 11.3 Å². The first-order valence-electron chi connectivity index (χ1n) is 11.7. The number of carbonyl (C=O) groups is 2. The van der Waals surface area contributed by atoms with Crippen LogP contribution in [0.25, 0.3) is 10.9 Å². The highest BCUT2D eigenvalue weighted by atomic mass is 35.5. The van der Waals surface area contributed by atoms with Gasteiger partial charge in [0.2, 0.25) is 5.43 Å². The van der Waals surface area contributed by atoms with Crippen LogP contribution in [0.2, 0.25) is 5.02 Å². The molecule has 1 atom stereocenters. The summed E-state index contributed by atoms with van der Waals surface area (Å²) >= 11 is 7.34. The molecule has 5 rings (SSSR count). The molecular formula is C25H25ClFN5O3S. The predicted molar refractivity (Wildman–Crippen MR) is 140 cm³/mol.